The van der Waals surface area contributed by atoms with Gasteiger partial charge in [0.25, 0.3) is 0 Å². The number of nitrogen functional groups attached to an aromatic ring is 1. The molecule has 6 heteroatoms. The Balaban J connectivity index is 2.67. The molecular formula is C14H16FN3O2. The minimum atomic E-state index is -0.636. The molecule has 1 heterocycles. The first-order chi connectivity index (χ1) is 9.49. The highest BCUT2D eigenvalue weighted by molar-refractivity contribution is 5.92. The minimum absolute atomic E-state index is 0.00400. The van der Waals surface area contributed by atoms with Gasteiger partial charge in [-0.05, 0) is 24.6 Å². The number of benzene rings is 1. The van der Waals surface area contributed by atoms with Crippen molar-refractivity contribution in [3.05, 3.63) is 41.1 Å². The summed E-state index contributed by atoms with van der Waals surface area (Å²) in [5.41, 5.74) is 7.01. The van der Waals surface area contributed by atoms with E-state index in [4.69, 9.17) is 5.73 Å². The number of esters is 1. The lowest BCUT2D eigenvalue weighted by Gasteiger charge is -2.10. The van der Waals surface area contributed by atoms with Crippen molar-refractivity contribution in [2.75, 3.05) is 12.8 Å². The van der Waals surface area contributed by atoms with Crippen LogP contribution in [-0.4, -0.2) is 22.6 Å². The van der Waals surface area contributed by atoms with Crippen LogP contribution in [-0.2, 0) is 11.2 Å². The van der Waals surface area contributed by atoms with Crippen LogP contribution in [0.5, 0.6) is 0 Å². The number of hydrogen-bond acceptors (Lipinski definition) is 4. The molecule has 0 amide bonds. The minimum Gasteiger partial charge on any atom is -0.464 e. The van der Waals surface area contributed by atoms with Crippen molar-refractivity contribution >= 4 is 11.8 Å². The molecule has 0 aliphatic rings. The van der Waals surface area contributed by atoms with Crippen molar-refractivity contribution in [3.8, 4) is 5.69 Å². The first kappa shape index (κ1) is 14.0. The molecule has 0 unspecified atom stereocenters. The highest BCUT2D eigenvalue weighted by atomic mass is 19.1. The maximum Gasteiger partial charge on any atom is 0.360 e. The number of hydrogen-bond donors (Lipinski definition) is 1. The summed E-state index contributed by atoms with van der Waals surface area (Å²) in [5.74, 6) is -0.467. The lowest BCUT2D eigenvalue weighted by molar-refractivity contribution is 0.0595. The third-order valence-corrected chi connectivity index (χ3v) is 3.02. The molecule has 2 N–H and O–H groups in total. The van der Waals surface area contributed by atoms with Gasteiger partial charge < -0.3 is 10.5 Å². The van der Waals surface area contributed by atoms with Crippen LogP contribution < -0.4 is 5.73 Å². The molecule has 5 nitrogen and oxygen atoms in total. The second-order valence-corrected chi connectivity index (χ2v) is 4.40. The summed E-state index contributed by atoms with van der Waals surface area (Å²) in [6.07, 6.45) is 0.508. The number of aryl methyl sites for hydroxylation is 2. The molecule has 0 saturated carbocycles. The second-order valence-electron chi connectivity index (χ2n) is 4.40. The lowest BCUT2D eigenvalue weighted by atomic mass is 10.2. The van der Waals surface area contributed by atoms with E-state index < -0.39 is 11.8 Å². The Morgan fingerprint density at radius 3 is 2.75 bits per heavy atom. The molecule has 0 radical (unpaired) electrons. The van der Waals surface area contributed by atoms with Gasteiger partial charge in [-0.25, -0.2) is 14.2 Å². The maximum atomic E-state index is 14.1. The summed E-state index contributed by atoms with van der Waals surface area (Å²) >= 11 is 0. The number of anilines is 1. The SMILES string of the molecule is CCc1nc(C(=O)OC)c(N)n1-c1ccc(C)cc1F. The Kier molecular flexibility index (Phi) is 3.74. The number of nitrogens with zero attached hydrogens (tertiary/aromatic N) is 2. The Labute approximate surface area is 116 Å². The molecule has 2 aromatic rings. The fourth-order valence-corrected chi connectivity index (χ4v) is 2.03. The fourth-order valence-electron chi connectivity index (χ4n) is 2.03. The van der Waals surface area contributed by atoms with Crippen molar-refractivity contribution < 1.29 is 13.9 Å². The molecule has 0 bridgehead atoms. The zero-order valence-electron chi connectivity index (χ0n) is 11.6. The molecule has 0 aliphatic carbocycles. The van der Waals surface area contributed by atoms with Gasteiger partial charge in [0.2, 0.25) is 0 Å². The smallest absolute Gasteiger partial charge is 0.360 e. The number of carbonyl (C=O) groups excluding carboxylic acids is 1. The van der Waals surface area contributed by atoms with Crippen molar-refractivity contribution in [1.82, 2.24) is 9.55 Å². The average Bonchev–Trinajstić information content (AvgIpc) is 2.75. The van der Waals surface area contributed by atoms with Gasteiger partial charge in [0.1, 0.15) is 17.5 Å². The maximum absolute atomic E-state index is 14.1. The van der Waals surface area contributed by atoms with E-state index in [0.29, 0.717) is 12.2 Å². The van der Waals surface area contributed by atoms with Gasteiger partial charge >= 0.3 is 5.97 Å². The van der Waals surface area contributed by atoms with Gasteiger partial charge in [-0.2, -0.15) is 0 Å². The number of methoxy groups -OCH3 is 1. The quantitative estimate of drug-likeness (QED) is 0.873. The molecule has 0 saturated heterocycles. The summed E-state index contributed by atoms with van der Waals surface area (Å²) < 4.78 is 20.2. The van der Waals surface area contributed by atoms with E-state index in [1.54, 1.807) is 19.1 Å². The van der Waals surface area contributed by atoms with E-state index in [1.807, 2.05) is 6.92 Å². The number of aromatic nitrogens is 2. The van der Waals surface area contributed by atoms with E-state index in [9.17, 15) is 9.18 Å². The lowest BCUT2D eigenvalue weighted by Crippen LogP contribution is -2.09. The van der Waals surface area contributed by atoms with Gasteiger partial charge in [-0.1, -0.05) is 13.0 Å². The number of halogens is 1. The number of ether oxygens (including phenoxy) is 1. The van der Waals surface area contributed by atoms with E-state index in [1.165, 1.54) is 17.7 Å². The molecule has 0 spiro atoms. The van der Waals surface area contributed by atoms with Crippen LogP contribution in [0, 0.1) is 12.7 Å². The van der Waals surface area contributed by atoms with Gasteiger partial charge in [0, 0.05) is 6.42 Å². The topological polar surface area (TPSA) is 70.1 Å². The Morgan fingerprint density at radius 2 is 2.20 bits per heavy atom. The Bertz CT molecular complexity index is 665. The van der Waals surface area contributed by atoms with E-state index in [2.05, 4.69) is 9.72 Å². The molecule has 106 valence electrons. The molecule has 20 heavy (non-hydrogen) atoms. The van der Waals surface area contributed by atoms with Crippen molar-refractivity contribution in [2.45, 2.75) is 20.3 Å². The number of rotatable bonds is 3. The number of nitrogens with two attached hydrogens (primary N) is 1. The van der Waals surface area contributed by atoms with Crippen molar-refractivity contribution in [2.24, 2.45) is 0 Å². The van der Waals surface area contributed by atoms with Crippen LogP contribution in [0.25, 0.3) is 5.69 Å². The Hall–Kier alpha value is -2.37. The van der Waals surface area contributed by atoms with Crippen LogP contribution in [0.3, 0.4) is 0 Å². The third-order valence-electron chi connectivity index (χ3n) is 3.02. The van der Waals surface area contributed by atoms with Gasteiger partial charge in [0.15, 0.2) is 5.69 Å². The van der Waals surface area contributed by atoms with Crippen LogP contribution in [0.15, 0.2) is 18.2 Å². The molecule has 0 atom stereocenters. The standard InChI is InChI=1S/C14H16FN3O2/c1-4-11-17-12(14(19)20-3)13(16)18(11)10-6-5-8(2)7-9(10)15/h5-7H,4,16H2,1-3H3. The molecule has 1 aromatic heterocycles. The van der Waals surface area contributed by atoms with Crippen LogP contribution in [0.4, 0.5) is 10.2 Å². The van der Waals surface area contributed by atoms with Crippen LogP contribution >= 0.6 is 0 Å². The zero-order valence-corrected chi connectivity index (χ0v) is 11.6. The monoisotopic (exact) mass is 277 g/mol. The third kappa shape index (κ3) is 2.24. The molecule has 0 aliphatic heterocycles. The molecule has 1 aromatic carbocycles. The predicted molar refractivity (Wildman–Crippen MR) is 73.4 cm³/mol. The van der Waals surface area contributed by atoms with Crippen LogP contribution in [0.2, 0.25) is 0 Å². The summed E-state index contributed by atoms with van der Waals surface area (Å²) in [7, 11) is 1.25. The van der Waals surface area contributed by atoms with Gasteiger partial charge in [-0.3, -0.25) is 4.57 Å². The largest absolute Gasteiger partial charge is 0.464 e. The number of carbonyl (C=O) groups is 1. The summed E-state index contributed by atoms with van der Waals surface area (Å²) in [6.45, 7) is 3.65. The first-order valence-electron chi connectivity index (χ1n) is 6.21. The molecule has 0 fully saturated rings. The zero-order chi connectivity index (χ0) is 14.9. The first-order valence-corrected chi connectivity index (χ1v) is 6.21. The highest BCUT2D eigenvalue weighted by Gasteiger charge is 2.22. The Morgan fingerprint density at radius 1 is 1.50 bits per heavy atom. The second kappa shape index (κ2) is 5.32. The predicted octanol–water partition coefficient (Wildman–Crippen LogP) is 2.25. The van der Waals surface area contributed by atoms with Gasteiger partial charge in [-0.15, -0.1) is 0 Å². The summed E-state index contributed by atoms with van der Waals surface area (Å²) in [4.78, 5) is 15.7. The van der Waals surface area contributed by atoms with E-state index in [0.717, 1.165) is 5.56 Å². The van der Waals surface area contributed by atoms with Crippen molar-refractivity contribution in [3.63, 3.8) is 0 Å². The highest BCUT2D eigenvalue weighted by Crippen LogP contribution is 2.24. The summed E-state index contributed by atoms with van der Waals surface area (Å²) in [6, 6.07) is 4.80. The average molecular weight is 277 g/mol. The molecule has 2 rings (SSSR count). The number of imidazole rings is 1. The van der Waals surface area contributed by atoms with Crippen LogP contribution in [0.1, 0.15) is 28.8 Å². The normalized spacial score (nSPS) is 10.6. The molecular weight excluding hydrogens is 261 g/mol. The summed E-state index contributed by atoms with van der Waals surface area (Å²) in [5, 5.41) is 0. The van der Waals surface area contributed by atoms with Crippen molar-refractivity contribution in [1.29, 1.82) is 0 Å². The van der Waals surface area contributed by atoms with Gasteiger partial charge in [0.05, 0.1) is 12.8 Å². The van der Waals surface area contributed by atoms with E-state index >= 15 is 0 Å². The van der Waals surface area contributed by atoms with E-state index in [-0.39, 0.29) is 17.2 Å². The fraction of sp³-hybridized carbons (Fsp3) is 0.286.